The lowest BCUT2D eigenvalue weighted by molar-refractivity contribution is 0.902. The number of hydrogen-bond acceptors (Lipinski definition) is 5. The number of nitrogens with zero attached hydrogens (tertiary/aromatic N) is 2. The summed E-state index contributed by atoms with van der Waals surface area (Å²) in [5.74, 6) is 1.78. The van der Waals surface area contributed by atoms with Crippen molar-refractivity contribution in [1.29, 1.82) is 0 Å². The standard InChI is InChI=1S/C15H15ClN4S/c16-13-7-3-8-14(19-13)17-9-4-10-18-15-11-5-1-2-6-12(11)21-20-15/h1-3,5-8H,4,9-10H2,(H,17,19)(H,18,20). The minimum absolute atomic E-state index is 0.507. The second-order valence-corrected chi connectivity index (χ2v) is 5.77. The van der Waals surface area contributed by atoms with Gasteiger partial charge in [-0.05, 0) is 42.2 Å². The Morgan fingerprint density at radius 2 is 1.86 bits per heavy atom. The molecule has 0 aliphatic rings. The number of anilines is 2. The van der Waals surface area contributed by atoms with Gasteiger partial charge in [-0.15, -0.1) is 0 Å². The Morgan fingerprint density at radius 1 is 1.00 bits per heavy atom. The van der Waals surface area contributed by atoms with Gasteiger partial charge in [-0.25, -0.2) is 4.98 Å². The van der Waals surface area contributed by atoms with E-state index in [9.17, 15) is 0 Å². The van der Waals surface area contributed by atoms with Gasteiger partial charge in [-0.3, -0.25) is 0 Å². The zero-order chi connectivity index (χ0) is 14.5. The van der Waals surface area contributed by atoms with Gasteiger partial charge >= 0.3 is 0 Å². The Morgan fingerprint density at radius 3 is 2.76 bits per heavy atom. The minimum Gasteiger partial charge on any atom is -0.370 e. The highest BCUT2D eigenvalue weighted by atomic mass is 35.5. The third kappa shape index (κ3) is 3.62. The van der Waals surface area contributed by atoms with Gasteiger partial charge in [0.1, 0.15) is 16.8 Å². The van der Waals surface area contributed by atoms with Gasteiger partial charge in [0, 0.05) is 18.5 Å². The van der Waals surface area contributed by atoms with Crippen molar-refractivity contribution in [3.05, 3.63) is 47.6 Å². The maximum Gasteiger partial charge on any atom is 0.147 e. The summed E-state index contributed by atoms with van der Waals surface area (Å²) in [4.78, 5) is 4.18. The van der Waals surface area contributed by atoms with Crippen LogP contribution in [0.4, 0.5) is 11.6 Å². The fraction of sp³-hybridized carbons (Fsp3) is 0.200. The highest BCUT2D eigenvalue weighted by Crippen LogP contribution is 2.25. The topological polar surface area (TPSA) is 49.8 Å². The summed E-state index contributed by atoms with van der Waals surface area (Å²) in [6.45, 7) is 1.70. The van der Waals surface area contributed by atoms with E-state index in [1.54, 1.807) is 6.07 Å². The lowest BCUT2D eigenvalue weighted by atomic mass is 10.2. The normalized spacial score (nSPS) is 10.7. The predicted molar refractivity (Wildman–Crippen MR) is 90.5 cm³/mol. The first-order valence-electron chi connectivity index (χ1n) is 6.77. The number of hydrogen-bond donors (Lipinski definition) is 2. The molecule has 0 atom stereocenters. The maximum atomic E-state index is 5.84. The molecule has 3 aromatic rings. The van der Waals surface area contributed by atoms with E-state index in [2.05, 4.69) is 32.1 Å². The molecular weight excluding hydrogens is 304 g/mol. The average Bonchev–Trinajstić information content (AvgIpc) is 2.90. The van der Waals surface area contributed by atoms with Crippen LogP contribution < -0.4 is 10.6 Å². The number of benzene rings is 1. The van der Waals surface area contributed by atoms with E-state index in [-0.39, 0.29) is 0 Å². The molecule has 0 saturated heterocycles. The lowest BCUT2D eigenvalue weighted by Crippen LogP contribution is -2.10. The molecule has 6 heteroatoms. The Bertz CT molecular complexity index is 728. The van der Waals surface area contributed by atoms with Crippen LogP contribution in [0.3, 0.4) is 0 Å². The van der Waals surface area contributed by atoms with Crippen LogP contribution in [0.15, 0.2) is 42.5 Å². The molecule has 0 aliphatic carbocycles. The van der Waals surface area contributed by atoms with E-state index >= 15 is 0 Å². The highest BCUT2D eigenvalue weighted by Gasteiger charge is 2.03. The quantitative estimate of drug-likeness (QED) is 0.526. The van der Waals surface area contributed by atoms with Crippen LogP contribution >= 0.6 is 23.1 Å². The van der Waals surface area contributed by atoms with Crippen LogP contribution in [0, 0.1) is 0 Å². The van der Waals surface area contributed by atoms with E-state index in [4.69, 9.17) is 11.6 Å². The van der Waals surface area contributed by atoms with Gasteiger partial charge in [0.05, 0.1) is 4.70 Å². The number of pyridine rings is 1. The van der Waals surface area contributed by atoms with Crippen LogP contribution in [-0.2, 0) is 0 Å². The molecule has 3 rings (SSSR count). The van der Waals surface area contributed by atoms with Gasteiger partial charge in [-0.2, -0.15) is 4.37 Å². The van der Waals surface area contributed by atoms with Gasteiger partial charge in [0.25, 0.3) is 0 Å². The van der Waals surface area contributed by atoms with Gasteiger partial charge in [-0.1, -0.05) is 29.8 Å². The number of rotatable bonds is 6. The summed E-state index contributed by atoms with van der Waals surface area (Å²) >= 11 is 7.36. The summed E-state index contributed by atoms with van der Waals surface area (Å²) in [6, 6.07) is 13.8. The Balaban J connectivity index is 1.46. The first-order chi connectivity index (χ1) is 10.3. The number of fused-ring (bicyclic) bond motifs is 1. The van der Waals surface area contributed by atoms with Gasteiger partial charge in [0.2, 0.25) is 0 Å². The van der Waals surface area contributed by atoms with E-state index in [0.29, 0.717) is 5.15 Å². The largest absolute Gasteiger partial charge is 0.370 e. The van der Waals surface area contributed by atoms with Gasteiger partial charge < -0.3 is 10.6 Å². The fourth-order valence-electron chi connectivity index (χ4n) is 2.03. The summed E-state index contributed by atoms with van der Waals surface area (Å²) in [7, 11) is 0. The maximum absolute atomic E-state index is 5.84. The van der Waals surface area contributed by atoms with Crippen molar-refractivity contribution in [2.45, 2.75) is 6.42 Å². The molecule has 108 valence electrons. The molecule has 0 radical (unpaired) electrons. The minimum atomic E-state index is 0.507. The Hall–Kier alpha value is -1.85. The number of nitrogens with one attached hydrogen (secondary N) is 2. The van der Waals surface area contributed by atoms with Crippen molar-refractivity contribution in [1.82, 2.24) is 9.36 Å². The molecule has 2 heterocycles. The van der Waals surface area contributed by atoms with Crippen molar-refractivity contribution in [3.8, 4) is 0 Å². The van der Waals surface area contributed by atoms with Crippen molar-refractivity contribution in [2.75, 3.05) is 23.7 Å². The molecular formula is C15H15ClN4S. The molecule has 1 aromatic carbocycles. The SMILES string of the molecule is Clc1cccc(NCCCNc2nsc3ccccc23)n1. The van der Waals surface area contributed by atoms with E-state index in [0.717, 1.165) is 31.1 Å². The average molecular weight is 319 g/mol. The second-order valence-electron chi connectivity index (χ2n) is 4.58. The summed E-state index contributed by atoms with van der Waals surface area (Å²) in [5, 5.41) is 8.32. The molecule has 0 aliphatic heterocycles. The van der Waals surface area contributed by atoms with Gasteiger partial charge in [0.15, 0.2) is 0 Å². The smallest absolute Gasteiger partial charge is 0.147 e. The van der Waals surface area contributed by atoms with Crippen molar-refractivity contribution in [3.63, 3.8) is 0 Å². The molecule has 2 aromatic heterocycles. The zero-order valence-electron chi connectivity index (χ0n) is 11.3. The number of halogens is 1. The molecule has 0 spiro atoms. The third-order valence-electron chi connectivity index (χ3n) is 3.04. The highest BCUT2D eigenvalue weighted by molar-refractivity contribution is 7.13. The molecule has 0 saturated carbocycles. The molecule has 0 bridgehead atoms. The Labute approximate surface area is 132 Å². The van der Waals surface area contributed by atoms with E-state index in [1.807, 2.05) is 24.3 Å². The summed E-state index contributed by atoms with van der Waals surface area (Å²) in [6.07, 6.45) is 0.972. The zero-order valence-corrected chi connectivity index (χ0v) is 12.9. The van der Waals surface area contributed by atoms with Crippen LogP contribution in [-0.4, -0.2) is 22.4 Å². The lowest BCUT2D eigenvalue weighted by Gasteiger charge is -2.06. The molecule has 0 amide bonds. The van der Waals surface area contributed by atoms with Crippen molar-refractivity contribution < 1.29 is 0 Å². The number of aromatic nitrogens is 2. The first-order valence-corrected chi connectivity index (χ1v) is 7.93. The first kappa shape index (κ1) is 14.1. The van der Waals surface area contributed by atoms with Crippen LogP contribution in [0.1, 0.15) is 6.42 Å². The predicted octanol–water partition coefficient (Wildman–Crippen LogP) is 4.26. The summed E-state index contributed by atoms with van der Waals surface area (Å²) in [5.41, 5.74) is 0. The van der Waals surface area contributed by atoms with Crippen molar-refractivity contribution in [2.24, 2.45) is 0 Å². The fourth-order valence-corrected chi connectivity index (χ4v) is 2.95. The molecule has 2 N–H and O–H groups in total. The second kappa shape index (κ2) is 6.74. The van der Waals surface area contributed by atoms with Crippen LogP contribution in [0.25, 0.3) is 10.1 Å². The monoisotopic (exact) mass is 318 g/mol. The van der Waals surface area contributed by atoms with E-state index < -0.39 is 0 Å². The van der Waals surface area contributed by atoms with E-state index in [1.165, 1.54) is 21.6 Å². The molecule has 21 heavy (non-hydrogen) atoms. The summed E-state index contributed by atoms with van der Waals surface area (Å²) < 4.78 is 5.65. The molecule has 0 fully saturated rings. The van der Waals surface area contributed by atoms with Crippen LogP contribution in [0.2, 0.25) is 5.15 Å². The third-order valence-corrected chi connectivity index (χ3v) is 4.08. The van der Waals surface area contributed by atoms with Crippen molar-refractivity contribution >= 4 is 44.9 Å². The van der Waals surface area contributed by atoms with Crippen LogP contribution in [0.5, 0.6) is 0 Å². The Kier molecular flexibility index (Phi) is 4.52. The molecule has 0 unspecified atom stereocenters. The molecule has 4 nitrogen and oxygen atoms in total.